The molecular weight excluding hydrogens is 258 g/mol. The summed E-state index contributed by atoms with van der Waals surface area (Å²) >= 11 is 0. The van der Waals surface area contributed by atoms with Crippen LogP contribution in [0.2, 0.25) is 0 Å². The van der Waals surface area contributed by atoms with Crippen molar-refractivity contribution < 1.29 is 23.9 Å². The highest BCUT2D eigenvalue weighted by molar-refractivity contribution is 5.53. The van der Waals surface area contributed by atoms with Crippen molar-refractivity contribution in [2.24, 2.45) is 0 Å². The highest BCUT2D eigenvalue weighted by atomic mass is 16.5. The molecule has 0 saturated heterocycles. The van der Waals surface area contributed by atoms with Gasteiger partial charge < -0.3 is 23.9 Å². The Hall–Kier alpha value is -2.14. The molecule has 1 aromatic heterocycles. The topological polar surface area (TPSA) is 57.4 Å². The van der Waals surface area contributed by atoms with Gasteiger partial charge >= 0.3 is 0 Å². The highest BCUT2D eigenvalue weighted by Gasteiger charge is 2.13. The maximum absolute atomic E-state index is 5.33. The monoisotopic (exact) mass is 278 g/mol. The minimum Gasteiger partial charge on any atom is -0.493 e. The smallest absolute Gasteiger partial charge is 0.203 e. The molecule has 0 spiro atoms. The van der Waals surface area contributed by atoms with E-state index in [1.807, 2.05) is 24.3 Å². The zero-order valence-corrected chi connectivity index (χ0v) is 12.0. The SMILES string of the molecule is COc1cc(C[NH2+]Cc2ccco2)cc(OC)c1OC. The van der Waals surface area contributed by atoms with Crippen LogP contribution in [-0.4, -0.2) is 21.3 Å². The normalized spacial score (nSPS) is 10.3. The number of hydrogen-bond donors (Lipinski definition) is 1. The van der Waals surface area contributed by atoms with Crippen LogP contribution >= 0.6 is 0 Å². The van der Waals surface area contributed by atoms with Crippen LogP contribution < -0.4 is 19.5 Å². The molecule has 108 valence electrons. The molecule has 0 aliphatic rings. The molecule has 2 aromatic rings. The van der Waals surface area contributed by atoms with Crippen LogP contribution in [0.15, 0.2) is 34.9 Å². The standard InChI is InChI=1S/C15H19NO4/c1-17-13-7-11(8-14(18-2)15(13)19-3)9-16-10-12-5-4-6-20-12/h4-8,16H,9-10H2,1-3H3/p+1. The van der Waals surface area contributed by atoms with E-state index in [9.17, 15) is 0 Å². The van der Waals surface area contributed by atoms with E-state index in [1.54, 1.807) is 27.6 Å². The average molecular weight is 278 g/mol. The Morgan fingerprint density at radius 1 is 1.00 bits per heavy atom. The Morgan fingerprint density at radius 3 is 2.20 bits per heavy atom. The number of hydrogen-bond acceptors (Lipinski definition) is 4. The van der Waals surface area contributed by atoms with Crippen molar-refractivity contribution >= 4 is 0 Å². The molecule has 0 bridgehead atoms. The van der Waals surface area contributed by atoms with Crippen molar-refractivity contribution in [3.05, 3.63) is 41.9 Å². The number of furan rings is 1. The van der Waals surface area contributed by atoms with E-state index in [4.69, 9.17) is 18.6 Å². The van der Waals surface area contributed by atoms with E-state index in [-0.39, 0.29) is 0 Å². The first-order valence-electron chi connectivity index (χ1n) is 6.41. The summed E-state index contributed by atoms with van der Waals surface area (Å²) < 4.78 is 21.3. The first-order valence-corrected chi connectivity index (χ1v) is 6.41. The van der Waals surface area contributed by atoms with Gasteiger partial charge in [0.25, 0.3) is 0 Å². The lowest BCUT2D eigenvalue weighted by molar-refractivity contribution is -0.688. The maximum atomic E-state index is 5.33. The van der Waals surface area contributed by atoms with Gasteiger partial charge in [0, 0.05) is 5.56 Å². The molecule has 20 heavy (non-hydrogen) atoms. The summed E-state index contributed by atoms with van der Waals surface area (Å²) in [4.78, 5) is 0. The fraction of sp³-hybridized carbons (Fsp3) is 0.333. The molecular formula is C15H20NO4+. The second-order valence-electron chi connectivity index (χ2n) is 4.31. The van der Waals surface area contributed by atoms with Gasteiger partial charge in [-0.15, -0.1) is 0 Å². The molecule has 1 aromatic carbocycles. The van der Waals surface area contributed by atoms with Gasteiger partial charge in [0.15, 0.2) is 17.3 Å². The summed E-state index contributed by atoms with van der Waals surface area (Å²) in [6.07, 6.45) is 1.68. The number of methoxy groups -OCH3 is 3. The lowest BCUT2D eigenvalue weighted by Crippen LogP contribution is -2.80. The first kappa shape index (κ1) is 14.3. The van der Waals surface area contributed by atoms with Crippen LogP contribution in [0.1, 0.15) is 11.3 Å². The van der Waals surface area contributed by atoms with E-state index in [0.717, 1.165) is 24.4 Å². The molecule has 0 fully saturated rings. The van der Waals surface area contributed by atoms with Crippen molar-refractivity contribution in [2.45, 2.75) is 13.1 Å². The fourth-order valence-electron chi connectivity index (χ4n) is 2.06. The van der Waals surface area contributed by atoms with Crippen molar-refractivity contribution in [3.63, 3.8) is 0 Å². The van der Waals surface area contributed by atoms with E-state index >= 15 is 0 Å². The number of quaternary nitrogens is 1. The fourth-order valence-corrected chi connectivity index (χ4v) is 2.06. The third-order valence-electron chi connectivity index (χ3n) is 3.03. The zero-order valence-electron chi connectivity index (χ0n) is 12.0. The van der Waals surface area contributed by atoms with Gasteiger partial charge in [-0.3, -0.25) is 0 Å². The molecule has 0 unspecified atom stereocenters. The lowest BCUT2D eigenvalue weighted by atomic mass is 10.1. The van der Waals surface area contributed by atoms with Gasteiger partial charge in [-0.2, -0.15) is 0 Å². The van der Waals surface area contributed by atoms with Crippen molar-refractivity contribution in [2.75, 3.05) is 21.3 Å². The summed E-state index contributed by atoms with van der Waals surface area (Å²) in [7, 11) is 4.84. The van der Waals surface area contributed by atoms with E-state index in [2.05, 4.69) is 5.32 Å². The molecule has 0 radical (unpaired) electrons. The van der Waals surface area contributed by atoms with Crippen molar-refractivity contribution in [1.29, 1.82) is 0 Å². The summed E-state index contributed by atoms with van der Waals surface area (Å²) in [5.41, 5.74) is 1.10. The number of benzene rings is 1. The summed E-state index contributed by atoms with van der Waals surface area (Å²) in [6, 6.07) is 7.77. The number of ether oxygens (including phenoxy) is 3. The largest absolute Gasteiger partial charge is 0.493 e. The third-order valence-corrected chi connectivity index (χ3v) is 3.03. The molecule has 0 aliphatic carbocycles. The molecule has 2 N–H and O–H groups in total. The predicted molar refractivity (Wildman–Crippen MR) is 74.1 cm³/mol. The second-order valence-corrected chi connectivity index (χ2v) is 4.31. The highest BCUT2D eigenvalue weighted by Crippen LogP contribution is 2.37. The number of rotatable bonds is 7. The summed E-state index contributed by atoms with van der Waals surface area (Å²) in [5.74, 6) is 2.92. The predicted octanol–water partition coefficient (Wildman–Crippen LogP) is 1.57. The van der Waals surface area contributed by atoms with Gasteiger partial charge in [-0.25, -0.2) is 0 Å². The van der Waals surface area contributed by atoms with E-state index < -0.39 is 0 Å². The quantitative estimate of drug-likeness (QED) is 0.835. The average Bonchev–Trinajstić information content (AvgIpc) is 2.99. The Labute approximate surface area is 118 Å². The van der Waals surface area contributed by atoms with Crippen molar-refractivity contribution in [1.82, 2.24) is 0 Å². The van der Waals surface area contributed by atoms with Crippen LogP contribution in [0, 0.1) is 0 Å². The second kappa shape index (κ2) is 6.86. The molecule has 5 nitrogen and oxygen atoms in total. The number of nitrogens with two attached hydrogens (primary N) is 1. The Balaban J connectivity index is 2.07. The first-order chi connectivity index (χ1) is 9.78. The molecule has 0 saturated carbocycles. The maximum Gasteiger partial charge on any atom is 0.203 e. The minimum atomic E-state index is 0.616. The summed E-state index contributed by atoms with van der Waals surface area (Å²) in [6.45, 7) is 1.60. The van der Waals surface area contributed by atoms with Crippen LogP contribution in [-0.2, 0) is 13.1 Å². The van der Waals surface area contributed by atoms with Gasteiger partial charge in [0.2, 0.25) is 5.75 Å². The van der Waals surface area contributed by atoms with Gasteiger partial charge in [0.1, 0.15) is 13.1 Å². The molecule has 5 heteroatoms. The van der Waals surface area contributed by atoms with E-state index in [1.165, 1.54) is 0 Å². The van der Waals surface area contributed by atoms with Crippen LogP contribution in [0.4, 0.5) is 0 Å². The Morgan fingerprint density at radius 2 is 1.70 bits per heavy atom. The van der Waals surface area contributed by atoms with Crippen LogP contribution in [0.5, 0.6) is 17.2 Å². The zero-order chi connectivity index (χ0) is 14.4. The van der Waals surface area contributed by atoms with E-state index in [0.29, 0.717) is 17.2 Å². The van der Waals surface area contributed by atoms with Gasteiger partial charge in [-0.1, -0.05) is 0 Å². The van der Waals surface area contributed by atoms with Crippen molar-refractivity contribution in [3.8, 4) is 17.2 Å². The molecule has 0 atom stereocenters. The third kappa shape index (κ3) is 3.24. The summed E-state index contributed by atoms with van der Waals surface area (Å²) in [5, 5.41) is 2.15. The molecule has 2 rings (SSSR count). The van der Waals surface area contributed by atoms with Crippen LogP contribution in [0.25, 0.3) is 0 Å². The van der Waals surface area contributed by atoms with Crippen LogP contribution in [0.3, 0.4) is 0 Å². The Bertz CT molecular complexity index is 512. The molecule has 0 amide bonds. The Kier molecular flexibility index (Phi) is 4.90. The molecule has 0 aliphatic heterocycles. The minimum absolute atomic E-state index is 0.616. The lowest BCUT2D eigenvalue weighted by Gasteiger charge is -2.13. The molecule has 1 heterocycles. The van der Waals surface area contributed by atoms with Gasteiger partial charge in [0.05, 0.1) is 27.6 Å². The van der Waals surface area contributed by atoms with Gasteiger partial charge in [-0.05, 0) is 24.3 Å².